The summed E-state index contributed by atoms with van der Waals surface area (Å²) in [5, 5.41) is 0.522. The fourth-order valence-corrected chi connectivity index (χ4v) is 3.29. The van der Waals surface area contributed by atoms with Crippen LogP contribution in [0.4, 0.5) is 0 Å². The summed E-state index contributed by atoms with van der Waals surface area (Å²) in [5.74, 6) is 1.70. The van der Waals surface area contributed by atoms with Crippen molar-refractivity contribution in [2.45, 2.75) is 11.8 Å². The van der Waals surface area contributed by atoms with E-state index in [0.717, 1.165) is 0 Å². The van der Waals surface area contributed by atoms with Gasteiger partial charge in [0.05, 0.1) is 19.1 Å². The van der Waals surface area contributed by atoms with Gasteiger partial charge in [0.2, 0.25) is 10.0 Å². The number of ether oxygens (including phenoxy) is 3. The van der Waals surface area contributed by atoms with Gasteiger partial charge >= 0.3 is 0 Å². The Hall–Kier alpha value is -1.96. The smallest absolute Gasteiger partial charge is 0.240 e. The van der Waals surface area contributed by atoms with Gasteiger partial charge in [-0.05, 0) is 30.7 Å². The molecule has 0 saturated carbocycles. The third-order valence-electron chi connectivity index (χ3n) is 3.43. The molecule has 0 aliphatic rings. The number of aryl methyl sites for hydroxylation is 1. The van der Waals surface area contributed by atoms with Gasteiger partial charge in [-0.2, -0.15) is 0 Å². The van der Waals surface area contributed by atoms with Gasteiger partial charge in [-0.1, -0.05) is 11.6 Å². The minimum atomic E-state index is -3.62. The molecule has 8 heteroatoms. The maximum Gasteiger partial charge on any atom is 0.240 e. The molecule has 1 N–H and O–H groups in total. The molecule has 6 nitrogen and oxygen atoms in total. The molecule has 0 bridgehead atoms. The van der Waals surface area contributed by atoms with Crippen molar-refractivity contribution in [2.24, 2.45) is 0 Å². The predicted molar refractivity (Wildman–Crippen MR) is 96.4 cm³/mol. The molecule has 2 aromatic carbocycles. The van der Waals surface area contributed by atoms with Crippen molar-refractivity contribution in [3.63, 3.8) is 0 Å². The highest BCUT2D eigenvalue weighted by atomic mass is 35.5. The fourth-order valence-electron chi connectivity index (χ4n) is 2.08. The Kier molecular flexibility index (Phi) is 6.52. The number of hydrogen-bond acceptors (Lipinski definition) is 5. The summed E-state index contributed by atoms with van der Waals surface area (Å²) in [7, 11) is -0.533. The average molecular weight is 386 g/mol. The number of benzene rings is 2. The van der Waals surface area contributed by atoms with E-state index in [1.807, 2.05) is 0 Å². The van der Waals surface area contributed by atoms with Crippen LogP contribution in [0.5, 0.6) is 17.2 Å². The van der Waals surface area contributed by atoms with Crippen LogP contribution in [0.3, 0.4) is 0 Å². The number of sulfonamides is 1. The van der Waals surface area contributed by atoms with Gasteiger partial charge in [-0.15, -0.1) is 0 Å². The number of halogens is 1. The van der Waals surface area contributed by atoms with Crippen LogP contribution >= 0.6 is 11.6 Å². The molecule has 2 rings (SSSR count). The second kappa shape index (κ2) is 8.42. The number of methoxy groups -OCH3 is 2. The summed E-state index contributed by atoms with van der Waals surface area (Å²) < 4.78 is 42.9. The van der Waals surface area contributed by atoms with Crippen molar-refractivity contribution in [2.75, 3.05) is 27.4 Å². The van der Waals surface area contributed by atoms with Crippen LogP contribution in [0.25, 0.3) is 0 Å². The Bertz CT molecular complexity index is 817. The molecule has 0 radical (unpaired) electrons. The largest absolute Gasteiger partial charge is 0.496 e. The molecule has 136 valence electrons. The van der Waals surface area contributed by atoms with Crippen LogP contribution in [-0.4, -0.2) is 35.8 Å². The lowest BCUT2D eigenvalue weighted by molar-refractivity contribution is 0.316. The van der Waals surface area contributed by atoms with Gasteiger partial charge in [-0.3, -0.25) is 0 Å². The quantitative estimate of drug-likeness (QED) is 0.707. The molecule has 25 heavy (non-hydrogen) atoms. The summed E-state index contributed by atoms with van der Waals surface area (Å²) in [6.45, 7) is 2.02. The van der Waals surface area contributed by atoms with E-state index in [9.17, 15) is 8.42 Å². The van der Waals surface area contributed by atoms with Crippen LogP contribution in [-0.2, 0) is 10.0 Å². The lowest BCUT2D eigenvalue weighted by Gasteiger charge is -2.11. The van der Waals surface area contributed by atoms with Gasteiger partial charge < -0.3 is 14.2 Å². The normalized spacial score (nSPS) is 11.2. The van der Waals surface area contributed by atoms with Crippen molar-refractivity contribution in [3.8, 4) is 17.2 Å². The summed E-state index contributed by atoms with van der Waals surface area (Å²) >= 11 is 5.92. The van der Waals surface area contributed by atoms with Crippen molar-refractivity contribution in [1.29, 1.82) is 0 Å². The molecule has 2 aromatic rings. The first-order valence-electron chi connectivity index (χ1n) is 7.47. The molecule has 0 heterocycles. The molecular weight excluding hydrogens is 366 g/mol. The monoisotopic (exact) mass is 385 g/mol. The van der Waals surface area contributed by atoms with E-state index in [1.165, 1.54) is 12.1 Å². The molecule has 0 amide bonds. The molecule has 0 aliphatic heterocycles. The van der Waals surface area contributed by atoms with Crippen molar-refractivity contribution >= 4 is 21.6 Å². The second-order valence-electron chi connectivity index (χ2n) is 5.21. The number of nitrogens with one attached hydrogen (secondary N) is 1. The Morgan fingerprint density at radius 1 is 1.00 bits per heavy atom. The van der Waals surface area contributed by atoms with E-state index in [0.29, 0.717) is 27.8 Å². The molecule has 0 saturated heterocycles. The Labute approximate surface area is 152 Å². The summed E-state index contributed by atoms with van der Waals surface area (Å²) in [4.78, 5) is 0.164. The second-order valence-corrected chi connectivity index (χ2v) is 7.38. The van der Waals surface area contributed by atoms with E-state index >= 15 is 0 Å². The Morgan fingerprint density at radius 2 is 1.60 bits per heavy atom. The van der Waals surface area contributed by atoms with Crippen molar-refractivity contribution in [1.82, 2.24) is 4.72 Å². The summed E-state index contributed by atoms with van der Waals surface area (Å²) in [6.07, 6.45) is 0. The highest BCUT2D eigenvalue weighted by Gasteiger charge is 2.14. The summed E-state index contributed by atoms with van der Waals surface area (Å²) in [5.41, 5.74) is 0.698. The topological polar surface area (TPSA) is 73.9 Å². The number of rotatable bonds is 8. The zero-order valence-electron chi connectivity index (χ0n) is 14.2. The van der Waals surface area contributed by atoms with E-state index in [-0.39, 0.29) is 18.0 Å². The molecule has 0 unspecified atom stereocenters. The maximum atomic E-state index is 12.3. The Morgan fingerprint density at radius 3 is 2.16 bits per heavy atom. The molecule has 0 atom stereocenters. The Balaban J connectivity index is 1.95. The molecular formula is C17H20ClNO5S. The van der Waals surface area contributed by atoms with Gasteiger partial charge in [0.15, 0.2) is 0 Å². The molecule has 0 fully saturated rings. The predicted octanol–water partition coefficient (Wildman–Crippen LogP) is 3.02. The fraction of sp³-hybridized carbons (Fsp3) is 0.294. The number of hydrogen-bond donors (Lipinski definition) is 1. The lowest BCUT2D eigenvalue weighted by atomic mass is 10.2. The zero-order valence-corrected chi connectivity index (χ0v) is 15.8. The van der Waals surface area contributed by atoms with Crippen LogP contribution in [0.15, 0.2) is 41.3 Å². The third-order valence-corrected chi connectivity index (χ3v) is 5.31. The first-order valence-corrected chi connectivity index (χ1v) is 9.33. The zero-order chi connectivity index (χ0) is 18.4. The lowest BCUT2D eigenvalue weighted by Crippen LogP contribution is -2.28. The van der Waals surface area contributed by atoms with Gasteiger partial charge in [0.1, 0.15) is 23.9 Å². The SMILES string of the molecule is COc1cc(OC)cc(OCCNS(=O)(=O)c2ccc(Cl)c(C)c2)c1. The van der Waals surface area contributed by atoms with Gasteiger partial charge in [-0.25, -0.2) is 13.1 Å². The van der Waals surface area contributed by atoms with Gasteiger partial charge in [0, 0.05) is 29.8 Å². The minimum Gasteiger partial charge on any atom is -0.496 e. The highest BCUT2D eigenvalue weighted by Crippen LogP contribution is 2.27. The van der Waals surface area contributed by atoms with E-state index in [2.05, 4.69) is 4.72 Å². The van der Waals surface area contributed by atoms with Crippen LogP contribution < -0.4 is 18.9 Å². The average Bonchev–Trinajstić information content (AvgIpc) is 2.60. The van der Waals surface area contributed by atoms with Crippen molar-refractivity contribution in [3.05, 3.63) is 47.0 Å². The van der Waals surface area contributed by atoms with Crippen molar-refractivity contribution < 1.29 is 22.6 Å². The summed E-state index contributed by atoms with van der Waals surface area (Å²) in [6, 6.07) is 9.66. The van der Waals surface area contributed by atoms with E-state index in [4.69, 9.17) is 25.8 Å². The minimum absolute atomic E-state index is 0.115. The molecule has 0 aliphatic carbocycles. The van der Waals surface area contributed by atoms with Crippen LogP contribution in [0, 0.1) is 6.92 Å². The van der Waals surface area contributed by atoms with Gasteiger partial charge in [0.25, 0.3) is 0 Å². The van der Waals surface area contributed by atoms with Crippen LogP contribution in [0.2, 0.25) is 5.02 Å². The maximum absolute atomic E-state index is 12.3. The first kappa shape index (κ1) is 19.4. The molecule has 0 aromatic heterocycles. The van der Waals surface area contributed by atoms with E-state index < -0.39 is 10.0 Å². The molecule has 0 spiro atoms. The first-order chi connectivity index (χ1) is 11.9. The standard InChI is InChI=1S/C17H20ClNO5S/c1-12-8-16(4-5-17(12)18)25(20,21)19-6-7-24-15-10-13(22-2)9-14(11-15)23-3/h4-5,8-11,19H,6-7H2,1-3H3. The third kappa shape index (κ3) is 5.26. The van der Waals surface area contributed by atoms with Crippen LogP contribution in [0.1, 0.15) is 5.56 Å². The highest BCUT2D eigenvalue weighted by molar-refractivity contribution is 7.89. The van der Waals surface area contributed by atoms with E-state index in [1.54, 1.807) is 45.4 Å².